The zero-order valence-electron chi connectivity index (χ0n) is 33.7. The van der Waals surface area contributed by atoms with E-state index in [0.29, 0.717) is 0 Å². The van der Waals surface area contributed by atoms with Crippen LogP contribution in [-0.4, -0.2) is 137 Å². The van der Waals surface area contributed by atoms with Crippen LogP contribution in [0.4, 0.5) is 11.9 Å². The summed E-state index contributed by atoms with van der Waals surface area (Å²) in [5, 5.41) is 43.0. The third kappa shape index (κ3) is 10.7. The third-order valence-electron chi connectivity index (χ3n) is 10.0. The van der Waals surface area contributed by atoms with Crippen LogP contribution in [0.3, 0.4) is 0 Å². The van der Waals surface area contributed by atoms with Crippen molar-refractivity contribution in [2.24, 2.45) is 14.1 Å². The minimum absolute atomic E-state index is 0. The summed E-state index contributed by atoms with van der Waals surface area (Å²) >= 11 is 0. The molecule has 3 fully saturated rings. The van der Waals surface area contributed by atoms with Crippen molar-refractivity contribution in [2.75, 3.05) is 24.7 Å². The van der Waals surface area contributed by atoms with E-state index in [-0.39, 0.29) is 46.5 Å². The first kappa shape index (κ1) is 50.3. The Labute approximate surface area is 352 Å². The lowest BCUT2D eigenvalue weighted by atomic mass is 9.93. The van der Waals surface area contributed by atoms with Crippen LogP contribution in [0.5, 0.6) is 0 Å². The molecule has 4 aromatic heterocycles. The highest BCUT2D eigenvalue weighted by molar-refractivity contribution is 7.47. The number of aliphatic hydroxyl groups excluding tert-OH is 4. The van der Waals surface area contributed by atoms with Gasteiger partial charge in [0.05, 0.1) is 45.6 Å². The van der Waals surface area contributed by atoms with Gasteiger partial charge in [0.2, 0.25) is 23.5 Å². The van der Waals surface area contributed by atoms with Crippen molar-refractivity contribution < 1.29 is 94.9 Å². The molecule has 32 nitrogen and oxygen atoms in total. The van der Waals surface area contributed by atoms with E-state index >= 15 is 0 Å². The van der Waals surface area contributed by atoms with Crippen LogP contribution in [0.25, 0.3) is 22.3 Å². The van der Waals surface area contributed by atoms with Gasteiger partial charge in [0, 0.05) is 19.3 Å². The average molecular weight is 969 g/mol. The zero-order valence-corrected chi connectivity index (χ0v) is 36.4. The van der Waals surface area contributed by atoms with E-state index in [9.17, 15) is 63.3 Å². The molecule has 3 unspecified atom stereocenters. The highest BCUT2D eigenvalue weighted by Crippen LogP contribution is 2.52. The van der Waals surface area contributed by atoms with Gasteiger partial charge in [-0.1, -0.05) is 9.97 Å². The van der Waals surface area contributed by atoms with E-state index in [1.807, 2.05) is 0 Å². The Morgan fingerprint density at radius 3 is 1.38 bits per heavy atom. The molecule has 2 aliphatic heterocycles. The van der Waals surface area contributed by atoms with E-state index in [1.165, 1.54) is 45.0 Å². The van der Waals surface area contributed by atoms with Crippen LogP contribution in [0.2, 0.25) is 0 Å². The predicted octanol–water partition coefficient (Wildman–Crippen LogP) is -4.07. The molecule has 0 radical (unpaired) electrons. The Kier molecular flexibility index (Phi) is 14.9. The number of aryl methyl sites for hydroxylation is 2. The monoisotopic (exact) mass is 968 g/mol. The summed E-state index contributed by atoms with van der Waals surface area (Å²) in [6.07, 6.45) is -15.7. The molecule has 4 aromatic rings. The fourth-order valence-electron chi connectivity index (χ4n) is 7.50. The first-order valence-corrected chi connectivity index (χ1v) is 22.5. The Balaban J connectivity index is 0.00000374. The number of ether oxygens (including phenoxy) is 2. The molecular formula is C28H51N12O20P3+4. The highest BCUT2D eigenvalue weighted by Gasteiger charge is 2.50. The summed E-state index contributed by atoms with van der Waals surface area (Å²) in [6.45, 7) is -1.74. The van der Waals surface area contributed by atoms with E-state index in [2.05, 4.69) is 19.9 Å². The largest absolute Gasteiger partial charge is 0.472 e. The second-order valence-electron chi connectivity index (χ2n) is 14.5. The number of fused-ring (bicyclic) bond motifs is 2. The number of aromatic amines is 2. The third-order valence-corrected chi connectivity index (χ3v) is 12.7. The predicted molar refractivity (Wildman–Crippen MR) is 208 cm³/mol. The molecule has 0 spiro atoms. The second kappa shape index (κ2) is 18.7. The number of phosphoric ester groups is 3. The maximum atomic E-state index is 13.1. The molecule has 13 atom stereocenters. The molecule has 3 aliphatic rings. The number of aliphatic hydroxyl groups is 4. The Morgan fingerprint density at radius 1 is 0.683 bits per heavy atom. The topological polar surface area (TPSA) is 512 Å². The normalized spacial score (nSPS) is 30.8. The number of hydrogen-bond acceptors (Lipinski definition) is 20. The average Bonchev–Trinajstić information content (AvgIpc) is 3.82. The number of rotatable bonds is 14. The number of anilines is 2. The summed E-state index contributed by atoms with van der Waals surface area (Å²) in [4.78, 5) is 77.8. The Bertz CT molecular complexity index is 2410. The van der Waals surface area contributed by atoms with Crippen molar-refractivity contribution in [3.63, 3.8) is 0 Å². The number of nitrogens with one attached hydrogen (secondary N) is 2. The van der Waals surface area contributed by atoms with Gasteiger partial charge >= 0.3 is 34.8 Å². The standard InChI is InChI=1S/C28H41N10O20P3.2H3N/c1-35-8-37(21-15(35)23(43)33-27(29)31-21)25-19(41)17(39)13(54-25)6-52-60(48,49)57-11-3-10(56-59(45,46)47)4-12(5-11)58-61(50,51)53-7-14-18(40)20(42)26(55-14)38-9-36(2)16-22(38)32-28(30)34-24(16)44;;/h8-14,17-20,25-26,39-42H,3-7H2,1-2H3,(H8-2,29,30,31,32,33,34,43,44,45,46,47,48,49,50,51);2*1H3/p+4/t10?,11-,12+,13-,14-,17-,18-,19-,20-,25-,26-;;/m1../s1. The Hall–Kier alpha value is -3.69. The number of phosphoric acid groups is 3. The number of nitrogens with zero attached hydrogens (tertiary/aromatic N) is 6. The van der Waals surface area contributed by atoms with Crippen molar-refractivity contribution >= 4 is 57.7 Å². The van der Waals surface area contributed by atoms with Gasteiger partial charge in [0.15, 0.2) is 12.7 Å². The van der Waals surface area contributed by atoms with Crippen LogP contribution >= 0.6 is 23.5 Å². The lowest BCUT2D eigenvalue weighted by Gasteiger charge is -2.35. The SMILES string of the molecule is Cn1c[n+]([C@@H]2O[C@H](COP(=O)(O)O[C@@H]3CC(OP(=O)(O)O)C[C@H](OP(=O)(O)OC[C@H]4O[C@@H]([n+]5cn(C)c6c(=O)[nH]c(N)nc65)[C@H](O)[C@@H]4O)C3)[C@@H](O)[C@H]2O)c2nc(N)[nH]c(=O)c21.[NH4+].[NH4+]. The van der Waals surface area contributed by atoms with Crippen LogP contribution in [0.1, 0.15) is 31.7 Å². The van der Waals surface area contributed by atoms with Crippen LogP contribution < -0.4 is 44.0 Å². The number of hydrogen-bond donors (Lipinski definition) is 14. The second-order valence-corrected chi connectivity index (χ2v) is 18.5. The molecular weight excluding hydrogens is 917 g/mol. The number of aromatic nitrogens is 8. The number of nitrogens with two attached hydrogens (primary N) is 2. The molecule has 1 saturated carbocycles. The minimum atomic E-state index is -5.21. The lowest BCUT2D eigenvalue weighted by molar-refractivity contribution is -0.746. The first-order chi connectivity index (χ1) is 28.4. The lowest BCUT2D eigenvalue weighted by Crippen LogP contribution is -2.46. The minimum Gasteiger partial charge on any atom is -0.387 e. The van der Waals surface area contributed by atoms with E-state index in [1.54, 1.807) is 0 Å². The van der Waals surface area contributed by atoms with Gasteiger partial charge in [-0.3, -0.25) is 51.3 Å². The number of nitrogen functional groups attached to an aromatic ring is 2. The fraction of sp³-hybridized carbons (Fsp3) is 0.643. The van der Waals surface area contributed by atoms with Crippen molar-refractivity contribution in [3.05, 3.63) is 33.4 Å². The van der Waals surface area contributed by atoms with E-state index in [0.717, 1.165) is 0 Å². The first-order valence-electron chi connectivity index (χ1n) is 18.0. The van der Waals surface area contributed by atoms with Crippen molar-refractivity contribution in [3.8, 4) is 0 Å². The van der Waals surface area contributed by atoms with Gasteiger partial charge in [-0.25, -0.2) is 22.8 Å². The molecule has 2 saturated heterocycles. The molecule has 7 rings (SSSR count). The Morgan fingerprint density at radius 2 is 1.03 bits per heavy atom. The van der Waals surface area contributed by atoms with Gasteiger partial charge in [-0.05, 0) is 0 Å². The molecule has 0 amide bonds. The van der Waals surface area contributed by atoms with Crippen molar-refractivity contribution in [1.29, 1.82) is 0 Å². The van der Waals surface area contributed by atoms with Crippen LogP contribution in [-0.2, 0) is 59.9 Å². The van der Waals surface area contributed by atoms with Crippen molar-refractivity contribution in [1.82, 2.24) is 41.4 Å². The molecule has 0 bridgehead atoms. The molecule has 0 aromatic carbocycles. The molecule has 6 heterocycles. The molecule has 354 valence electrons. The highest BCUT2D eigenvalue weighted by atomic mass is 31.2. The fourth-order valence-corrected chi connectivity index (χ4v) is 9.95. The van der Waals surface area contributed by atoms with Crippen LogP contribution in [0, 0.1) is 0 Å². The van der Waals surface area contributed by atoms with Gasteiger partial charge in [-0.2, -0.15) is 0 Å². The maximum absolute atomic E-state index is 13.1. The summed E-state index contributed by atoms with van der Waals surface area (Å²) in [6, 6.07) is 0. The zero-order chi connectivity index (χ0) is 44.5. The quantitative estimate of drug-likeness (QED) is 0.0422. The van der Waals surface area contributed by atoms with Gasteiger partial charge in [0.25, 0.3) is 23.0 Å². The van der Waals surface area contributed by atoms with Gasteiger partial charge in [0.1, 0.15) is 36.6 Å². The number of imidazole rings is 2. The summed E-state index contributed by atoms with van der Waals surface area (Å²) in [5.74, 6) is -0.504. The van der Waals surface area contributed by atoms with Crippen LogP contribution in [0.15, 0.2) is 22.2 Å². The molecule has 22 N–H and O–H groups in total. The van der Waals surface area contributed by atoms with Gasteiger partial charge in [-0.15, -0.1) is 0 Å². The smallest absolute Gasteiger partial charge is 0.387 e. The van der Waals surface area contributed by atoms with E-state index in [4.69, 9.17) is 43.6 Å². The number of H-pyrrole nitrogens is 2. The summed E-state index contributed by atoms with van der Waals surface area (Å²) in [7, 11) is -12.6. The molecule has 63 heavy (non-hydrogen) atoms. The molecule has 35 heteroatoms. The van der Waals surface area contributed by atoms with E-state index < -0.39 is 134 Å². The maximum Gasteiger partial charge on any atom is 0.472 e. The summed E-state index contributed by atoms with van der Waals surface area (Å²) < 4.78 is 79.9. The summed E-state index contributed by atoms with van der Waals surface area (Å²) in [5.41, 5.74) is 10.2. The van der Waals surface area contributed by atoms with Gasteiger partial charge < -0.3 is 73.2 Å². The van der Waals surface area contributed by atoms with Crippen molar-refractivity contribution in [2.45, 2.75) is 86.7 Å². The number of quaternary nitrogens is 2. The molecule has 1 aliphatic carbocycles.